The van der Waals surface area contributed by atoms with Crippen molar-refractivity contribution in [3.8, 4) is 0 Å². The zero-order valence-corrected chi connectivity index (χ0v) is 25.9. The van der Waals surface area contributed by atoms with E-state index >= 15 is 0 Å². The number of piperazine rings is 1. The van der Waals surface area contributed by atoms with E-state index in [1.54, 1.807) is 45.4 Å². The van der Waals surface area contributed by atoms with Gasteiger partial charge >= 0.3 is 0 Å². The smallest absolute Gasteiger partial charge is 0.262 e. The molecule has 1 amide bonds. The van der Waals surface area contributed by atoms with E-state index in [4.69, 9.17) is 4.74 Å². The summed E-state index contributed by atoms with van der Waals surface area (Å²) in [4.78, 5) is 32.0. The number of anilines is 1. The minimum Gasteiger partial charge on any atom is -0.368 e. The van der Waals surface area contributed by atoms with Crippen molar-refractivity contribution in [1.82, 2.24) is 33.6 Å². The number of nitrogens with zero attached hydrogens (tertiary/aromatic N) is 7. The largest absolute Gasteiger partial charge is 0.368 e. The van der Waals surface area contributed by atoms with Gasteiger partial charge in [-0.25, -0.2) is 17.7 Å². The van der Waals surface area contributed by atoms with Crippen LogP contribution in [-0.2, 0) is 33.1 Å². The van der Waals surface area contributed by atoms with Crippen molar-refractivity contribution >= 4 is 38.2 Å². The summed E-state index contributed by atoms with van der Waals surface area (Å²) in [5, 5.41) is 9.13. The summed E-state index contributed by atoms with van der Waals surface area (Å²) in [6.07, 6.45) is 9.93. The third-order valence-corrected chi connectivity index (χ3v) is 11.6. The number of rotatable bonds is 8. The highest BCUT2D eigenvalue weighted by atomic mass is 32.2. The molecule has 14 heteroatoms. The Kier molecular flexibility index (Phi) is 5.77. The van der Waals surface area contributed by atoms with Crippen molar-refractivity contribution in [1.29, 1.82) is 0 Å². The average Bonchev–Trinajstić information content (AvgIpc) is 3.96. The molecule has 1 N–H and O–H groups in total. The summed E-state index contributed by atoms with van der Waals surface area (Å²) >= 11 is 0. The van der Waals surface area contributed by atoms with Gasteiger partial charge in [0.25, 0.3) is 11.5 Å². The van der Waals surface area contributed by atoms with E-state index in [1.165, 1.54) is 6.07 Å². The Morgan fingerprint density at radius 1 is 1.09 bits per heavy atom. The molecule has 1 saturated heterocycles. The van der Waals surface area contributed by atoms with Gasteiger partial charge in [0.2, 0.25) is 10.0 Å². The number of carbonyl (C=O) groups excluding carboxylic acids is 1. The normalized spacial score (nSPS) is 21.3. The van der Waals surface area contributed by atoms with Gasteiger partial charge in [0, 0.05) is 57.2 Å². The summed E-state index contributed by atoms with van der Waals surface area (Å²) in [6, 6.07) is 4.95. The number of hydrogen-bond donors (Lipinski definition) is 1. The van der Waals surface area contributed by atoms with Crippen LogP contribution in [0.2, 0.25) is 0 Å². The van der Waals surface area contributed by atoms with Gasteiger partial charge in [0.05, 0.1) is 40.4 Å². The summed E-state index contributed by atoms with van der Waals surface area (Å²) in [5.74, 6) is 0.0490. The maximum absolute atomic E-state index is 14.3. The molecule has 1 aliphatic heterocycles. The third kappa shape index (κ3) is 4.29. The third-order valence-electron chi connectivity index (χ3n) is 9.99. The molecule has 8 rings (SSSR count). The second-order valence-corrected chi connectivity index (χ2v) is 15.0. The van der Waals surface area contributed by atoms with Crippen molar-refractivity contribution in [2.24, 2.45) is 7.05 Å². The number of carbonyl (C=O) groups is 1. The lowest BCUT2D eigenvalue weighted by Gasteiger charge is -2.44. The molecule has 3 saturated carbocycles. The highest BCUT2D eigenvalue weighted by molar-refractivity contribution is 7.89. The molecule has 13 nitrogen and oxygen atoms in total. The average molecular weight is 621 g/mol. The summed E-state index contributed by atoms with van der Waals surface area (Å²) in [7, 11) is -0.514. The Hall–Kier alpha value is -3.75. The molecular weight excluding hydrogens is 584 g/mol. The first-order valence-electron chi connectivity index (χ1n) is 15.1. The first kappa shape index (κ1) is 27.8. The molecule has 0 bridgehead atoms. The molecule has 1 spiro atoms. The van der Waals surface area contributed by atoms with Crippen LogP contribution in [0.3, 0.4) is 0 Å². The molecule has 1 aromatic carbocycles. The number of methoxy groups -OCH3 is 1. The number of aromatic nitrogens is 5. The molecule has 4 fully saturated rings. The van der Waals surface area contributed by atoms with Gasteiger partial charge in [-0.2, -0.15) is 10.2 Å². The van der Waals surface area contributed by atoms with Gasteiger partial charge in [-0.15, -0.1) is 0 Å². The van der Waals surface area contributed by atoms with Crippen LogP contribution in [0.1, 0.15) is 51.0 Å². The topological polar surface area (TPSA) is 136 Å². The second kappa shape index (κ2) is 9.14. The fourth-order valence-corrected chi connectivity index (χ4v) is 8.31. The molecule has 0 atom stereocenters. The molecule has 4 aliphatic rings. The maximum atomic E-state index is 14.3. The first-order valence-corrected chi connectivity index (χ1v) is 16.6. The Morgan fingerprint density at radius 3 is 2.50 bits per heavy atom. The zero-order valence-electron chi connectivity index (χ0n) is 25.1. The molecule has 3 aliphatic carbocycles. The molecule has 232 valence electrons. The van der Waals surface area contributed by atoms with Crippen LogP contribution in [0.25, 0.3) is 16.6 Å². The number of hydrogen-bond acceptors (Lipinski definition) is 8. The van der Waals surface area contributed by atoms with Gasteiger partial charge in [-0.1, -0.05) is 0 Å². The van der Waals surface area contributed by atoms with E-state index in [9.17, 15) is 18.0 Å². The SMILES string of the molecule is COC1(C(=O)N2CCN(c3cc(S(=O)(=O)NC4(C)CC4)cc4c(=O)n(Cc5cnn(C)c5)c5ccnn5c34)CC23CC3)CC1. The quantitative estimate of drug-likeness (QED) is 0.314. The Morgan fingerprint density at radius 2 is 1.86 bits per heavy atom. The van der Waals surface area contributed by atoms with Gasteiger partial charge in [-0.3, -0.25) is 18.8 Å². The lowest BCUT2D eigenvalue weighted by Crippen LogP contribution is -2.60. The fraction of sp³-hybridized carbons (Fsp3) is 0.533. The van der Waals surface area contributed by atoms with Crippen LogP contribution in [0.4, 0.5) is 5.69 Å². The molecule has 4 heterocycles. The van der Waals surface area contributed by atoms with Gasteiger partial charge in [0.1, 0.15) is 16.8 Å². The van der Waals surface area contributed by atoms with Crippen molar-refractivity contribution < 1.29 is 17.9 Å². The van der Waals surface area contributed by atoms with Crippen molar-refractivity contribution in [2.75, 3.05) is 31.6 Å². The Labute approximate surface area is 254 Å². The van der Waals surface area contributed by atoms with Crippen LogP contribution in [0.15, 0.2) is 46.5 Å². The second-order valence-electron chi connectivity index (χ2n) is 13.3. The van der Waals surface area contributed by atoms with Crippen molar-refractivity contribution in [2.45, 2.75) is 73.6 Å². The van der Waals surface area contributed by atoms with E-state index < -0.39 is 21.2 Å². The number of amides is 1. The number of ether oxygens (including phenoxy) is 1. The van der Waals surface area contributed by atoms with Crippen LogP contribution in [0, 0.1) is 0 Å². The predicted molar refractivity (Wildman–Crippen MR) is 162 cm³/mol. The van der Waals surface area contributed by atoms with E-state index in [-0.39, 0.29) is 33.8 Å². The number of sulfonamides is 1. The van der Waals surface area contributed by atoms with E-state index in [1.807, 2.05) is 25.1 Å². The molecule has 3 aromatic heterocycles. The number of aryl methyl sites for hydroxylation is 1. The lowest BCUT2D eigenvalue weighted by atomic mass is 10.1. The van der Waals surface area contributed by atoms with Crippen molar-refractivity contribution in [3.05, 3.63) is 52.7 Å². The number of benzene rings is 1. The van der Waals surface area contributed by atoms with E-state index in [0.29, 0.717) is 36.5 Å². The fourth-order valence-electron chi connectivity index (χ4n) is 6.80. The molecule has 4 aromatic rings. The first-order chi connectivity index (χ1) is 21.0. The Balaban J connectivity index is 1.28. The van der Waals surface area contributed by atoms with E-state index in [2.05, 4.69) is 19.8 Å². The Bertz CT molecular complexity index is 2020. The lowest BCUT2D eigenvalue weighted by molar-refractivity contribution is -0.148. The number of fused-ring (bicyclic) bond motifs is 3. The van der Waals surface area contributed by atoms with E-state index in [0.717, 1.165) is 44.1 Å². The van der Waals surface area contributed by atoms with Crippen LogP contribution >= 0.6 is 0 Å². The van der Waals surface area contributed by atoms with Gasteiger partial charge in [0.15, 0.2) is 0 Å². The summed E-state index contributed by atoms with van der Waals surface area (Å²) in [5.41, 5.74) is 0.771. The molecule has 0 unspecified atom stereocenters. The van der Waals surface area contributed by atoms with Gasteiger partial charge < -0.3 is 14.5 Å². The standard InChI is InChI=1S/C30H36N8O5S/c1-28(5-6-28)33-44(41,42)21-14-22-25(38-24(4-11-31-38)36(26(22)39)18-20-16-32-34(2)17-20)23(15-21)35-12-13-37(29(19-35)7-8-29)27(40)30(43-3)9-10-30/h4,11,14-17,33H,5-10,12-13,18-19H2,1-3H3. The molecule has 44 heavy (non-hydrogen) atoms. The highest BCUT2D eigenvalue weighted by Gasteiger charge is 2.60. The van der Waals surface area contributed by atoms with Crippen LogP contribution < -0.4 is 15.2 Å². The molecular formula is C30H36N8O5S. The van der Waals surface area contributed by atoms with Crippen LogP contribution in [0.5, 0.6) is 0 Å². The zero-order chi connectivity index (χ0) is 30.6. The van der Waals surface area contributed by atoms with Crippen LogP contribution in [-0.4, -0.2) is 86.6 Å². The predicted octanol–water partition coefficient (Wildman–Crippen LogP) is 1.62. The summed E-state index contributed by atoms with van der Waals surface area (Å²) in [6.45, 7) is 3.65. The minimum absolute atomic E-state index is 0.0457. The maximum Gasteiger partial charge on any atom is 0.262 e. The monoisotopic (exact) mass is 620 g/mol. The summed E-state index contributed by atoms with van der Waals surface area (Å²) < 4.78 is 41.0. The number of nitrogens with one attached hydrogen (secondary N) is 1. The highest BCUT2D eigenvalue weighted by Crippen LogP contribution is 2.50. The van der Waals surface area contributed by atoms with Gasteiger partial charge in [-0.05, 0) is 57.6 Å². The molecule has 0 radical (unpaired) electrons. The van der Waals surface area contributed by atoms with Crippen molar-refractivity contribution in [3.63, 3.8) is 0 Å². The minimum atomic E-state index is -3.93.